The van der Waals surface area contributed by atoms with Gasteiger partial charge in [-0.05, 0) is 39.5 Å². The van der Waals surface area contributed by atoms with Crippen LogP contribution in [0.15, 0.2) is 115 Å². The molecule has 0 saturated carbocycles. The summed E-state index contributed by atoms with van der Waals surface area (Å²) in [5.74, 6) is 0.0361. The first-order valence-electron chi connectivity index (χ1n) is 15.5. The van der Waals surface area contributed by atoms with Crippen molar-refractivity contribution in [1.29, 1.82) is 0 Å². The third-order valence-electron chi connectivity index (χ3n) is 8.44. The average Bonchev–Trinajstić information content (AvgIpc) is 3.49. The SMILES string of the molecule is C[C@@H](CO[Si](c1ccccc1)(c1ccccc1)C(C)(C)C)Cn1cnc2c(-c3cnn(C)c3)nc(-c3ccc(Cl)cc3)cc2c1=O. The van der Waals surface area contributed by atoms with Crippen molar-refractivity contribution in [2.45, 2.75) is 39.3 Å². The third-order valence-corrected chi connectivity index (χ3v) is 13.7. The fourth-order valence-corrected chi connectivity index (χ4v) is 11.0. The summed E-state index contributed by atoms with van der Waals surface area (Å²) in [4.78, 5) is 23.8. The maximum absolute atomic E-state index is 14.1. The summed E-state index contributed by atoms with van der Waals surface area (Å²) < 4.78 is 10.6. The van der Waals surface area contributed by atoms with Crippen molar-refractivity contribution in [2.75, 3.05) is 6.61 Å². The third kappa shape index (κ3) is 6.08. The first kappa shape index (κ1) is 31.6. The van der Waals surface area contributed by atoms with E-state index in [9.17, 15) is 4.79 Å². The Morgan fingerprint density at radius 1 is 0.913 bits per heavy atom. The lowest BCUT2D eigenvalue weighted by Crippen LogP contribution is -2.66. The van der Waals surface area contributed by atoms with Crippen molar-refractivity contribution in [3.8, 4) is 22.5 Å². The minimum absolute atomic E-state index is 0.0361. The van der Waals surface area contributed by atoms with E-state index in [4.69, 9.17) is 26.0 Å². The van der Waals surface area contributed by atoms with Crippen LogP contribution in [-0.2, 0) is 18.0 Å². The summed E-state index contributed by atoms with van der Waals surface area (Å²) >= 11 is 6.16. The summed E-state index contributed by atoms with van der Waals surface area (Å²) in [5, 5.41) is 7.80. The lowest BCUT2D eigenvalue weighted by molar-refractivity contribution is 0.229. The van der Waals surface area contributed by atoms with Crippen molar-refractivity contribution in [1.82, 2.24) is 24.3 Å². The molecule has 7 nitrogen and oxygen atoms in total. The highest BCUT2D eigenvalue weighted by molar-refractivity contribution is 6.99. The topological polar surface area (TPSA) is 74.8 Å². The Morgan fingerprint density at radius 2 is 1.54 bits per heavy atom. The summed E-state index contributed by atoms with van der Waals surface area (Å²) in [6.45, 7) is 9.89. The molecule has 0 amide bonds. The second-order valence-corrected chi connectivity index (χ2v) is 17.7. The molecule has 0 unspecified atom stereocenters. The number of aromatic nitrogens is 5. The van der Waals surface area contributed by atoms with Crippen LogP contribution >= 0.6 is 11.6 Å². The molecule has 0 aliphatic rings. The number of nitrogens with zero attached hydrogens (tertiary/aromatic N) is 5. The predicted molar refractivity (Wildman–Crippen MR) is 189 cm³/mol. The fourth-order valence-electron chi connectivity index (χ4n) is 6.23. The van der Waals surface area contributed by atoms with Crippen molar-refractivity contribution >= 4 is 41.2 Å². The maximum Gasteiger partial charge on any atom is 0.261 e. The van der Waals surface area contributed by atoms with Crippen LogP contribution in [0.1, 0.15) is 27.7 Å². The zero-order chi connectivity index (χ0) is 32.5. The van der Waals surface area contributed by atoms with Crippen LogP contribution in [0.3, 0.4) is 0 Å². The second-order valence-electron chi connectivity index (χ2n) is 12.9. The van der Waals surface area contributed by atoms with Gasteiger partial charge in [0.15, 0.2) is 0 Å². The van der Waals surface area contributed by atoms with E-state index in [0.29, 0.717) is 40.5 Å². The van der Waals surface area contributed by atoms with Crippen LogP contribution in [0.5, 0.6) is 0 Å². The summed E-state index contributed by atoms with van der Waals surface area (Å²) in [7, 11) is -0.855. The van der Waals surface area contributed by atoms with Crippen molar-refractivity contribution < 1.29 is 4.43 Å². The van der Waals surface area contributed by atoms with Gasteiger partial charge in [0.25, 0.3) is 13.9 Å². The number of benzene rings is 3. The van der Waals surface area contributed by atoms with Gasteiger partial charge in [0.05, 0.1) is 23.6 Å². The largest absolute Gasteiger partial charge is 0.407 e. The van der Waals surface area contributed by atoms with Gasteiger partial charge in [0.2, 0.25) is 0 Å². The Hall–Kier alpha value is -4.37. The number of halogens is 1. The number of pyridine rings is 1. The lowest BCUT2D eigenvalue weighted by atomic mass is 10.1. The molecule has 0 aliphatic heterocycles. The van der Waals surface area contributed by atoms with Gasteiger partial charge < -0.3 is 4.43 Å². The predicted octanol–water partition coefficient (Wildman–Crippen LogP) is 6.73. The van der Waals surface area contributed by atoms with E-state index in [1.165, 1.54) is 10.4 Å². The molecule has 0 aliphatic carbocycles. The average molecular weight is 648 g/mol. The zero-order valence-electron chi connectivity index (χ0n) is 26.8. The molecule has 3 heterocycles. The van der Waals surface area contributed by atoms with E-state index in [1.54, 1.807) is 21.8 Å². The second kappa shape index (κ2) is 12.8. The van der Waals surface area contributed by atoms with Gasteiger partial charge in [-0.3, -0.25) is 14.0 Å². The minimum Gasteiger partial charge on any atom is -0.407 e. The maximum atomic E-state index is 14.1. The van der Waals surface area contributed by atoms with Crippen LogP contribution in [0.2, 0.25) is 10.1 Å². The Kier molecular flexibility index (Phi) is 8.79. The first-order chi connectivity index (χ1) is 22.1. The van der Waals surface area contributed by atoms with E-state index >= 15 is 0 Å². The number of aryl methyl sites for hydroxylation is 1. The van der Waals surface area contributed by atoms with Crippen LogP contribution in [0.4, 0.5) is 0 Å². The smallest absolute Gasteiger partial charge is 0.261 e. The molecule has 0 radical (unpaired) electrons. The van der Waals surface area contributed by atoms with Crippen LogP contribution < -0.4 is 15.9 Å². The van der Waals surface area contributed by atoms with Crippen LogP contribution in [0, 0.1) is 5.92 Å². The van der Waals surface area contributed by atoms with E-state index in [2.05, 4.69) is 81.3 Å². The standard InChI is InChI=1S/C37H38ClN5O2Si/c1-26(24-45-46(37(2,3)4,30-12-8-6-9-13-30)31-14-10-7-11-15-31)22-43-25-39-35-32(36(43)44)20-33(27-16-18-29(38)19-17-27)41-34(35)28-21-40-42(5)23-28/h6-21,23,25-26H,22,24H2,1-5H3/t26-/m1/s1. The van der Waals surface area contributed by atoms with Gasteiger partial charge in [-0.2, -0.15) is 5.10 Å². The summed E-state index contributed by atoms with van der Waals surface area (Å²) in [6.07, 6.45) is 5.25. The quantitative estimate of drug-likeness (QED) is 0.163. The molecular weight excluding hydrogens is 610 g/mol. The highest BCUT2D eigenvalue weighted by Crippen LogP contribution is 2.37. The number of hydrogen-bond acceptors (Lipinski definition) is 5. The zero-order valence-corrected chi connectivity index (χ0v) is 28.6. The van der Waals surface area contributed by atoms with E-state index in [-0.39, 0.29) is 16.5 Å². The molecule has 0 bridgehead atoms. The molecule has 234 valence electrons. The molecule has 0 N–H and O–H groups in total. The molecular formula is C37H38ClN5O2Si. The van der Waals surface area contributed by atoms with E-state index in [1.807, 2.05) is 55.7 Å². The summed E-state index contributed by atoms with van der Waals surface area (Å²) in [6, 6.07) is 30.5. The van der Waals surface area contributed by atoms with Gasteiger partial charge in [-0.1, -0.05) is 112 Å². The van der Waals surface area contributed by atoms with E-state index in [0.717, 1.165) is 11.1 Å². The molecule has 3 aromatic carbocycles. The molecule has 0 saturated heterocycles. The molecule has 3 aromatic heterocycles. The molecule has 6 rings (SSSR count). The van der Waals surface area contributed by atoms with Crippen LogP contribution in [-0.4, -0.2) is 39.2 Å². The molecule has 1 atom stereocenters. The van der Waals surface area contributed by atoms with Crippen molar-refractivity contribution in [3.05, 3.63) is 125 Å². The normalized spacial score (nSPS) is 12.8. The Labute approximate surface area is 275 Å². The fraction of sp³-hybridized carbons (Fsp3) is 0.243. The van der Waals surface area contributed by atoms with Crippen molar-refractivity contribution in [3.63, 3.8) is 0 Å². The monoisotopic (exact) mass is 647 g/mol. The summed E-state index contributed by atoms with van der Waals surface area (Å²) in [5.41, 5.74) is 3.36. The Balaban J connectivity index is 1.36. The molecule has 0 spiro atoms. The van der Waals surface area contributed by atoms with Gasteiger partial charge in [0.1, 0.15) is 11.2 Å². The van der Waals surface area contributed by atoms with Gasteiger partial charge >= 0.3 is 0 Å². The lowest BCUT2D eigenvalue weighted by Gasteiger charge is -2.43. The Morgan fingerprint density at radius 3 is 2.11 bits per heavy atom. The number of hydrogen-bond donors (Lipinski definition) is 0. The highest BCUT2D eigenvalue weighted by atomic mass is 35.5. The minimum atomic E-state index is -2.71. The molecule has 0 fully saturated rings. The van der Waals surface area contributed by atoms with Crippen molar-refractivity contribution in [2.24, 2.45) is 13.0 Å². The van der Waals surface area contributed by atoms with Crippen LogP contribution in [0.25, 0.3) is 33.4 Å². The highest BCUT2D eigenvalue weighted by Gasteiger charge is 2.50. The molecule has 46 heavy (non-hydrogen) atoms. The Bertz CT molecular complexity index is 1980. The molecule has 6 aromatic rings. The van der Waals surface area contributed by atoms with E-state index < -0.39 is 8.32 Å². The van der Waals surface area contributed by atoms with Gasteiger partial charge in [0, 0.05) is 42.5 Å². The number of fused-ring (bicyclic) bond motifs is 1. The first-order valence-corrected chi connectivity index (χ1v) is 17.8. The molecule has 9 heteroatoms. The number of rotatable bonds is 9. The van der Waals surface area contributed by atoms with Gasteiger partial charge in [-0.25, -0.2) is 9.97 Å². The van der Waals surface area contributed by atoms with Gasteiger partial charge in [-0.15, -0.1) is 0 Å².